The number of hydrazone groups is 1. The maximum atomic E-state index is 13.3. The van der Waals surface area contributed by atoms with Crippen molar-refractivity contribution in [1.29, 1.82) is 0 Å². The number of halogens is 1. The van der Waals surface area contributed by atoms with E-state index >= 15 is 0 Å². The van der Waals surface area contributed by atoms with Crippen LogP contribution in [0.2, 0.25) is 0 Å². The number of benzene rings is 3. The van der Waals surface area contributed by atoms with E-state index in [1.54, 1.807) is 36.4 Å². The van der Waals surface area contributed by atoms with E-state index in [0.717, 1.165) is 25.5 Å². The molecule has 6 nitrogen and oxygen atoms in total. The van der Waals surface area contributed by atoms with Gasteiger partial charge in [-0.15, -0.1) is 0 Å². The average molecular weight is 500 g/mol. The average Bonchev–Trinajstić information content (AvgIpc) is 2.74. The second kappa shape index (κ2) is 9.89. The summed E-state index contributed by atoms with van der Waals surface area (Å²) >= 11 is 3.34. The number of hydrogen-bond donors (Lipinski definition) is 1. The van der Waals surface area contributed by atoms with Crippen molar-refractivity contribution < 1.29 is 13.2 Å². The Hall–Kier alpha value is -2.97. The lowest BCUT2D eigenvalue weighted by atomic mass is 10.2. The fourth-order valence-electron chi connectivity index (χ4n) is 2.76. The maximum Gasteiger partial charge on any atom is 0.264 e. The molecule has 0 radical (unpaired) electrons. The number of carbonyl (C=O) groups excluding carboxylic acids is 1. The molecule has 0 bridgehead atoms. The summed E-state index contributed by atoms with van der Waals surface area (Å²) in [6.07, 6.45) is 1.51. The van der Waals surface area contributed by atoms with E-state index in [-0.39, 0.29) is 4.90 Å². The second-order valence-corrected chi connectivity index (χ2v) is 9.78. The van der Waals surface area contributed by atoms with E-state index < -0.39 is 22.5 Å². The van der Waals surface area contributed by atoms with E-state index in [2.05, 4.69) is 26.5 Å². The van der Waals surface area contributed by atoms with Crippen LogP contribution in [0.1, 0.15) is 16.7 Å². The van der Waals surface area contributed by atoms with E-state index in [4.69, 9.17) is 0 Å². The zero-order valence-corrected chi connectivity index (χ0v) is 19.5. The van der Waals surface area contributed by atoms with Crippen molar-refractivity contribution in [2.45, 2.75) is 18.7 Å². The van der Waals surface area contributed by atoms with Gasteiger partial charge in [0.15, 0.2) is 0 Å². The molecule has 0 spiro atoms. The Labute approximate surface area is 190 Å². The van der Waals surface area contributed by atoms with Gasteiger partial charge in [-0.3, -0.25) is 9.10 Å². The lowest BCUT2D eigenvalue weighted by molar-refractivity contribution is -0.119. The maximum absolute atomic E-state index is 13.3. The zero-order chi connectivity index (χ0) is 22.4. The van der Waals surface area contributed by atoms with Gasteiger partial charge in [-0.05, 0) is 55.8 Å². The van der Waals surface area contributed by atoms with Gasteiger partial charge in [0, 0.05) is 4.47 Å². The molecule has 0 aliphatic carbocycles. The Morgan fingerprint density at radius 2 is 1.48 bits per heavy atom. The van der Waals surface area contributed by atoms with Gasteiger partial charge in [-0.1, -0.05) is 63.5 Å². The molecule has 0 aromatic heterocycles. The van der Waals surface area contributed by atoms with Crippen LogP contribution in [-0.4, -0.2) is 27.1 Å². The Kier molecular flexibility index (Phi) is 7.25. The standard InChI is InChI=1S/C23H22BrN3O3S/c1-17-3-7-19(8-4-17)15-25-26-23(28)16-27(21-11-9-20(24)10-12-21)31(29,30)22-13-5-18(2)6-14-22/h3-15H,16H2,1-2H3,(H,26,28)/b25-15-. The monoisotopic (exact) mass is 499 g/mol. The summed E-state index contributed by atoms with van der Waals surface area (Å²) in [4.78, 5) is 12.6. The normalized spacial score (nSPS) is 11.5. The summed E-state index contributed by atoms with van der Waals surface area (Å²) in [6, 6.07) is 20.9. The van der Waals surface area contributed by atoms with Crippen LogP contribution >= 0.6 is 15.9 Å². The van der Waals surface area contributed by atoms with E-state index in [1.807, 2.05) is 38.1 Å². The van der Waals surface area contributed by atoms with Crippen LogP contribution in [0.4, 0.5) is 5.69 Å². The number of amides is 1. The number of aryl methyl sites for hydroxylation is 2. The summed E-state index contributed by atoms with van der Waals surface area (Å²) in [5.41, 5.74) is 5.66. The van der Waals surface area contributed by atoms with Gasteiger partial charge < -0.3 is 0 Å². The highest BCUT2D eigenvalue weighted by atomic mass is 79.9. The molecular weight excluding hydrogens is 478 g/mol. The van der Waals surface area contributed by atoms with Crippen molar-refractivity contribution >= 4 is 43.8 Å². The van der Waals surface area contributed by atoms with Gasteiger partial charge in [-0.25, -0.2) is 13.8 Å². The van der Waals surface area contributed by atoms with E-state index in [9.17, 15) is 13.2 Å². The molecule has 3 rings (SSSR count). The lowest BCUT2D eigenvalue weighted by Gasteiger charge is -2.23. The molecular formula is C23H22BrN3O3S. The van der Waals surface area contributed by atoms with Crippen molar-refractivity contribution in [3.63, 3.8) is 0 Å². The van der Waals surface area contributed by atoms with Crippen molar-refractivity contribution in [3.05, 3.63) is 94.0 Å². The van der Waals surface area contributed by atoms with Crippen LogP contribution in [0.3, 0.4) is 0 Å². The minimum atomic E-state index is -3.96. The van der Waals surface area contributed by atoms with Crippen LogP contribution in [0, 0.1) is 13.8 Å². The molecule has 0 atom stereocenters. The van der Waals surface area contributed by atoms with Gasteiger partial charge in [0.25, 0.3) is 15.9 Å². The largest absolute Gasteiger partial charge is 0.271 e. The van der Waals surface area contributed by atoms with Crippen molar-refractivity contribution in [2.24, 2.45) is 5.10 Å². The van der Waals surface area contributed by atoms with Crippen molar-refractivity contribution in [3.8, 4) is 0 Å². The number of carbonyl (C=O) groups is 1. The molecule has 0 saturated carbocycles. The van der Waals surface area contributed by atoms with E-state index in [0.29, 0.717) is 5.69 Å². The Morgan fingerprint density at radius 1 is 0.935 bits per heavy atom. The smallest absolute Gasteiger partial charge is 0.264 e. The molecule has 160 valence electrons. The van der Waals surface area contributed by atoms with Gasteiger partial charge in [-0.2, -0.15) is 5.10 Å². The van der Waals surface area contributed by atoms with Crippen LogP contribution in [0.15, 0.2) is 87.3 Å². The third-order valence-corrected chi connectivity index (χ3v) is 6.81. The SMILES string of the molecule is Cc1ccc(/C=N\NC(=O)CN(c2ccc(Br)cc2)S(=O)(=O)c2ccc(C)cc2)cc1. The first kappa shape index (κ1) is 22.7. The number of rotatable bonds is 7. The minimum Gasteiger partial charge on any atom is -0.271 e. The second-order valence-electron chi connectivity index (χ2n) is 7.01. The van der Waals surface area contributed by atoms with E-state index in [1.165, 1.54) is 18.3 Å². The minimum absolute atomic E-state index is 0.108. The van der Waals surface area contributed by atoms with Crippen LogP contribution in [0.5, 0.6) is 0 Å². The third kappa shape index (κ3) is 6.02. The summed E-state index contributed by atoms with van der Waals surface area (Å²) in [6.45, 7) is 3.44. The van der Waals surface area contributed by atoms with Gasteiger partial charge in [0.2, 0.25) is 0 Å². The zero-order valence-electron chi connectivity index (χ0n) is 17.1. The summed E-state index contributed by atoms with van der Waals surface area (Å²) in [5.74, 6) is -0.554. The van der Waals surface area contributed by atoms with Crippen LogP contribution in [0.25, 0.3) is 0 Å². The summed E-state index contributed by atoms with van der Waals surface area (Å²) < 4.78 is 28.4. The number of hydrogen-bond acceptors (Lipinski definition) is 4. The van der Waals surface area contributed by atoms with Crippen LogP contribution < -0.4 is 9.73 Å². The molecule has 3 aromatic rings. The Balaban J connectivity index is 1.82. The molecule has 0 unspecified atom stereocenters. The summed E-state index contributed by atoms with van der Waals surface area (Å²) in [7, 11) is -3.96. The molecule has 1 N–H and O–H groups in total. The van der Waals surface area contributed by atoms with Crippen molar-refractivity contribution in [2.75, 3.05) is 10.8 Å². The Bertz CT molecular complexity index is 1170. The molecule has 0 aliphatic rings. The fourth-order valence-corrected chi connectivity index (χ4v) is 4.44. The molecule has 0 saturated heterocycles. The topological polar surface area (TPSA) is 78.8 Å². The molecule has 8 heteroatoms. The van der Waals surface area contributed by atoms with Gasteiger partial charge in [0.1, 0.15) is 6.54 Å². The number of sulfonamides is 1. The first-order valence-electron chi connectivity index (χ1n) is 9.49. The highest BCUT2D eigenvalue weighted by molar-refractivity contribution is 9.10. The number of nitrogens with zero attached hydrogens (tertiary/aromatic N) is 2. The predicted octanol–water partition coefficient (Wildman–Crippen LogP) is 4.41. The molecule has 0 heterocycles. The van der Waals surface area contributed by atoms with Gasteiger partial charge in [0.05, 0.1) is 16.8 Å². The highest BCUT2D eigenvalue weighted by Gasteiger charge is 2.27. The van der Waals surface area contributed by atoms with Crippen molar-refractivity contribution in [1.82, 2.24) is 5.43 Å². The molecule has 1 amide bonds. The quantitative estimate of drug-likeness (QED) is 0.386. The third-order valence-electron chi connectivity index (χ3n) is 4.49. The molecule has 31 heavy (non-hydrogen) atoms. The lowest BCUT2D eigenvalue weighted by Crippen LogP contribution is -2.39. The highest BCUT2D eigenvalue weighted by Crippen LogP contribution is 2.25. The fraction of sp³-hybridized carbons (Fsp3) is 0.130. The molecule has 3 aromatic carbocycles. The first-order chi connectivity index (χ1) is 14.8. The first-order valence-corrected chi connectivity index (χ1v) is 11.7. The Morgan fingerprint density at radius 3 is 2.06 bits per heavy atom. The number of nitrogens with one attached hydrogen (secondary N) is 1. The molecule has 0 fully saturated rings. The molecule has 0 aliphatic heterocycles. The predicted molar refractivity (Wildman–Crippen MR) is 127 cm³/mol. The van der Waals surface area contributed by atoms with Gasteiger partial charge >= 0.3 is 0 Å². The number of anilines is 1. The van der Waals surface area contributed by atoms with Crippen LogP contribution in [-0.2, 0) is 14.8 Å². The summed E-state index contributed by atoms with van der Waals surface area (Å²) in [5, 5.41) is 3.94.